The fraction of sp³-hybridized carbons (Fsp3) is 0.462. The minimum absolute atomic E-state index is 0. The molecule has 0 aliphatic heterocycles. The van der Waals surface area contributed by atoms with Gasteiger partial charge in [-0.25, -0.2) is 0 Å². The van der Waals surface area contributed by atoms with Gasteiger partial charge in [-0.15, -0.1) is 0 Å². The van der Waals surface area contributed by atoms with Crippen molar-refractivity contribution in [1.29, 1.82) is 0 Å². The van der Waals surface area contributed by atoms with Gasteiger partial charge in [0, 0.05) is 5.56 Å². The van der Waals surface area contributed by atoms with E-state index in [2.05, 4.69) is 21.1 Å². The predicted octanol–water partition coefficient (Wildman–Crippen LogP) is -1.02. The van der Waals surface area contributed by atoms with Crippen LogP contribution in [0.3, 0.4) is 0 Å². The number of carbonyl (C=O) groups is 1. The van der Waals surface area contributed by atoms with Crippen molar-refractivity contribution >= 4 is 5.78 Å². The molecule has 0 atom stereocenters. The van der Waals surface area contributed by atoms with Crippen LogP contribution in [0.25, 0.3) is 0 Å². The average molecular weight is 349 g/mol. The van der Waals surface area contributed by atoms with Crippen LogP contribution < -0.4 is 28.7 Å². The third-order valence-corrected chi connectivity index (χ3v) is 2.40. The molecular weight excluding hydrogens is 329 g/mol. The Hall–Kier alpha value is -0.620. The molecule has 0 fully saturated rings. The minimum Gasteiger partial charge on any atom is -1.00 e. The van der Waals surface area contributed by atoms with Crippen LogP contribution in [0.2, 0.25) is 0 Å². The van der Waals surface area contributed by atoms with Gasteiger partial charge in [0.05, 0.1) is 41.2 Å². The Morgan fingerprint density at radius 1 is 1.29 bits per heavy atom. The zero-order valence-electron chi connectivity index (χ0n) is 10.9. The molecular formula is C13H20INO2. The summed E-state index contributed by atoms with van der Waals surface area (Å²) in [6, 6.07) is 7.31. The lowest BCUT2D eigenvalue weighted by Crippen LogP contribution is -3.00. The summed E-state index contributed by atoms with van der Waals surface area (Å²) in [5, 5.41) is 0. The molecule has 17 heavy (non-hydrogen) atoms. The summed E-state index contributed by atoms with van der Waals surface area (Å²) < 4.78 is 5.90. The number of hydrogen-bond acceptors (Lipinski definition) is 2. The molecule has 96 valence electrons. The first-order chi connectivity index (χ1) is 7.42. The summed E-state index contributed by atoms with van der Waals surface area (Å²) in [5.41, 5.74) is 0.729. The van der Waals surface area contributed by atoms with Crippen molar-refractivity contribution < 1.29 is 38.0 Å². The number of nitrogens with zero attached hydrogens (tertiary/aromatic N) is 1. The molecule has 0 N–H and O–H groups in total. The monoisotopic (exact) mass is 349 g/mol. The second kappa shape index (κ2) is 6.96. The zero-order valence-corrected chi connectivity index (χ0v) is 13.0. The number of ketones is 1. The number of carbonyl (C=O) groups excluding carboxylic acids is 1. The summed E-state index contributed by atoms with van der Waals surface area (Å²) in [6.45, 7) is 0.843. The highest BCUT2D eigenvalue weighted by atomic mass is 127. The van der Waals surface area contributed by atoms with Gasteiger partial charge in [-0.1, -0.05) is 12.1 Å². The molecule has 0 saturated heterocycles. The normalized spacial score (nSPS) is 10.6. The first-order valence-corrected chi connectivity index (χ1v) is 5.40. The van der Waals surface area contributed by atoms with Crippen molar-refractivity contribution in [2.75, 3.05) is 34.8 Å². The van der Waals surface area contributed by atoms with E-state index in [9.17, 15) is 4.79 Å². The molecule has 0 saturated carbocycles. The Morgan fingerprint density at radius 3 is 2.47 bits per heavy atom. The lowest BCUT2D eigenvalue weighted by atomic mass is 10.1. The molecule has 1 aromatic carbocycles. The SMILES string of the molecule is COc1cccc(C(=O)CC[N+](C)(C)C)c1.[I-]. The Bertz CT molecular complexity index is 372. The van der Waals surface area contributed by atoms with Gasteiger partial charge < -0.3 is 33.2 Å². The van der Waals surface area contributed by atoms with E-state index < -0.39 is 0 Å². The van der Waals surface area contributed by atoms with Gasteiger partial charge in [-0.2, -0.15) is 0 Å². The van der Waals surface area contributed by atoms with E-state index in [-0.39, 0.29) is 29.8 Å². The molecule has 3 nitrogen and oxygen atoms in total. The topological polar surface area (TPSA) is 26.3 Å². The van der Waals surface area contributed by atoms with Crippen LogP contribution in [0, 0.1) is 0 Å². The van der Waals surface area contributed by atoms with Crippen LogP contribution in [0.5, 0.6) is 5.75 Å². The maximum Gasteiger partial charge on any atom is 0.168 e. The molecule has 0 aromatic heterocycles. The van der Waals surface area contributed by atoms with Crippen molar-refractivity contribution in [3.05, 3.63) is 29.8 Å². The quantitative estimate of drug-likeness (QED) is 0.387. The van der Waals surface area contributed by atoms with E-state index in [1.165, 1.54) is 0 Å². The lowest BCUT2D eigenvalue weighted by Gasteiger charge is -2.23. The largest absolute Gasteiger partial charge is 1.00 e. The number of hydrogen-bond donors (Lipinski definition) is 0. The van der Waals surface area contributed by atoms with Gasteiger partial charge in [-0.05, 0) is 12.1 Å². The third-order valence-electron chi connectivity index (χ3n) is 2.40. The molecule has 0 aliphatic rings. The Balaban J connectivity index is 0.00000256. The van der Waals surface area contributed by atoms with E-state index in [0.717, 1.165) is 22.3 Å². The number of rotatable bonds is 5. The molecule has 0 aliphatic carbocycles. The first kappa shape index (κ1) is 16.4. The highest BCUT2D eigenvalue weighted by molar-refractivity contribution is 5.96. The summed E-state index contributed by atoms with van der Waals surface area (Å²) in [7, 11) is 7.85. The van der Waals surface area contributed by atoms with Crippen LogP contribution in [-0.2, 0) is 0 Å². The summed E-state index contributed by atoms with van der Waals surface area (Å²) in [4.78, 5) is 11.9. The standard InChI is InChI=1S/C13H20NO2.HI/c1-14(2,3)9-8-13(15)11-6-5-7-12(10-11)16-4;/h5-7,10H,8-9H2,1-4H3;1H/q+1;/p-1. The second-order valence-electron chi connectivity index (χ2n) is 4.92. The van der Waals surface area contributed by atoms with E-state index in [0.29, 0.717) is 6.42 Å². The molecule has 4 heteroatoms. The fourth-order valence-electron chi connectivity index (χ4n) is 1.38. The molecule has 1 aromatic rings. The van der Waals surface area contributed by atoms with Gasteiger partial charge in [0.2, 0.25) is 0 Å². The number of benzene rings is 1. The molecule has 0 radical (unpaired) electrons. The molecule has 0 amide bonds. The van der Waals surface area contributed by atoms with Crippen LogP contribution in [0.15, 0.2) is 24.3 Å². The van der Waals surface area contributed by atoms with E-state index in [4.69, 9.17) is 4.74 Å². The number of methoxy groups -OCH3 is 1. The molecule has 0 heterocycles. The fourth-order valence-corrected chi connectivity index (χ4v) is 1.38. The molecule has 0 bridgehead atoms. The summed E-state index contributed by atoms with van der Waals surface area (Å²) in [6.07, 6.45) is 0.566. The van der Waals surface area contributed by atoms with Gasteiger partial charge >= 0.3 is 0 Å². The van der Waals surface area contributed by atoms with Crippen LogP contribution in [-0.4, -0.2) is 45.1 Å². The molecule has 0 spiro atoms. The van der Waals surface area contributed by atoms with E-state index >= 15 is 0 Å². The lowest BCUT2D eigenvalue weighted by molar-refractivity contribution is -0.869. The highest BCUT2D eigenvalue weighted by Gasteiger charge is 2.12. The van der Waals surface area contributed by atoms with Crippen LogP contribution in [0.1, 0.15) is 16.8 Å². The maximum atomic E-state index is 11.9. The Kier molecular flexibility index (Phi) is 6.70. The van der Waals surface area contributed by atoms with Gasteiger partial charge in [0.15, 0.2) is 5.78 Å². The summed E-state index contributed by atoms with van der Waals surface area (Å²) in [5.74, 6) is 0.906. The van der Waals surface area contributed by atoms with Gasteiger partial charge in [-0.3, -0.25) is 4.79 Å². The zero-order chi connectivity index (χ0) is 12.2. The highest BCUT2D eigenvalue weighted by Crippen LogP contribution is 2.14. The third kappa shape index (κ3) is 6.02. The van der Waals surface area contributed by atoms with E-state index in [1.54, 1.807) is 13.2 Å². The number of Topliss-reactive ketones (excluding diaryl/α,β-unsaturated/α-hetero) is 1. The Labute approximate surface area is 120 Å². The second-order valence-corrected chi connectivity index (χ2v) is 4.92. The smallest absolute Gasteiger partial charge is 0.168 e. The van der Waals surface area contributed by atoms with E-state index in [1.807, 2.05) is 18.2 Å². The molecule has 1 rings (SSSR count). The predicted molar refractivity (Wildman–Crippen MR) is 64.8 cm³/mol. The van der Waals surface area contributed by atoms with Crippen molar-refractivity contribution in [2.45, 2.75) is 6.42 Å². The van der Waals surface area contributed by atoms with Gasteiger partial charge in [0.1, 0.15) is 5.75 Å². The number of ether oxygens (including phenoxy) is 1. The van der Waals surface area contributed by atoms with Crippen LogP contribution in [0.4, 0.5) is 0 Å². The minimum atomic E-state index is 0. The summed E-state index contributed by atoms with van der Waals surface area (Å²) >= 11 is 0. The first-order valence-electron chi connectivity index (χ1n) is 5.40. The van der Waals surface area contributed by atoms with Crippen LogP contribution >= 0.6 is 0 Å². The number of quaternary nitrogens is 1. The maximum absolute atomic E-state index is 11.9. The van der Waals surface area contributed by atoms with Gasteiger partial charge in [0.25, 0.3) is 0 Å². The average Bonchev–Trinajstić information content (AvgIpc) is 2.25. The van der Waals surface area contributed by atoms with Crippen molar-refractivity contribution in [3.63, 3.8) is 0 Å². The Morgan fingerprint density at radius 2 is 1.94 bits per heavy atom. The van der Waals surface area contributed by atoms with Crippen molar-refractivity contribution in [1.82, 2.24) is 0 Å². The number of halogens is 1. The van der Waals surface area contributed by atoms with Crippen molar-refractivity contribution in [3.8, 4) is 5.75 Å². The molecule has 0 unspecified atom stereocenters. The van der Waals surface area contributed by atoms with Crippen molar-refractivity contribution in [2.24, 2.45) is 0 Å².